The highest BCUT2D eigenvalue weighted by molar-refractivity contribution is 5.47. The van der Waals surface area contributed by atoms with Gasteiger partial charge in [0.05, 0.1) is 0 Å². The molecule has 1 fully saturated rings. The van der Waals surface area contributed by atoms with Crippen LogP contribution in [0.1, 0.15) is 36.9 Å². The highest BCUT2D eigenvalue weighted by Crippen LogP contribution is 2.25. The van der Waals surface area contributed by atoms with E-state index in [1.807, 2.05) is 0 Å². The third-order valence-electron chi connectivity index (χ3n) is 4.12. The molecule has 1 aliphatic heterocycles. The van der Waals surface area contributed by atoms with Gasteiger partial charge in [-0.05, 0) is 57.5 Å². The highest BCUT2D eigenvalue weighted by atomic mass is 15.0. The van der Waals surface area contributed by atoms with Crippen LogP contribution in [0.3, 0.4) is 0 Å². The molecule has 1 atom stereocenters. The number of fused-ring (bicyclic) bond motifs is 1. The minimum absolute atomic E-state index is 0.834. The van der Waals surface area contributed by atoms with E-state index in [4.69, 9.17) is 0 Å². The van der Waals surface area contributed by atoms with Gasteiger partial charge in [0.15, 0.2) is 0 Å². The first-order valence-corrected chi connectivity index (χ1v) is 7.21. The van der Waals surface area contributed by atoms with Crippen LogP contribution in [-0.4, -0.2) is 29.6 Å². The molecule has 1 saturated heterocycles. The van der Waals surface area contributed by atoms with Gasteiger partial charge >= 0.3 is 0 Å². The average Bonchev–Trinajstić information content (AvgIpc) is 2.89. The van der Waals surface area contributed by atoms with Gasteiger partial charge in [-0.3, -0.25) is 0 Å². The summed E-state index contributed by atoms with van der Waals surface area (Å²) in [5.74, 6) is 1.92. The monoisotopic (exact) mass is 246 g/mol. The predicted octanol–water partition coefficient (Wildman–Crippen LogP) is 1.77. The van der Waals surface area contributed by atoms with Crippen molar-refractivity contribution >= 4 is 5.82 Å². The van der Waals surface area contributed by atoms with Crippen molar-refractivity contribution in [2.45, 2.75) is 38.5 Å². The largest absolute Gasteiger partial charge is 0.370 e. The van der Waals surface area contributed by atoms with Crippen LogP contribution in [0.2, 0.25) is 0 Å². The summed E-state index contributed by atoms with van der Waals surface area (Å²) in [6, 6.07) is 0. The van der Waals surface area contributed by atoms with Gasteiger partial charge in [-0.1, -0.05) is 0 Å². The number of aromatic nitrogens is 2. The Hall–Kier alpha value is -1.16. The van der Waals surface area contributed by atoms with Crippen molar-refractivity contribution in [1.82, 2.24) is 15.3 Å². The van der Waals surface area contributed by atoms with Crippen LogP contribution in [0.5, 0.6) is 0 Å². The Morgan fingerprint density at radius 1 is 1.28 bits per heavy atom. The number of nitrogens with one attached hydrogen (secondary N) is 2. The summed E-state index contributed by atoms with van der Waals surface area (Å²) in [4.78, 5) is 8.75. The molecule has 18 heavy (non-hydrogen) atoms. The zero-order valence-corrected chi connectivity index (χ0v) is 10.9. The molecular weight excluding hydrogens is 224 g/mol. The molecule has 2 heterocycles. The van der Waals surface area contributed by atoms with Gasteiger partial charge < -0.3 is 10.6 Å². The van der Waals surface area contributed by atoms with Crippen molar-refractivity contribution in [2.24, 2.45) is 5.92 Å². The standard InChI is InChI=1S/C14H22N4/c1-4-12-13(5-1)17-10-18-14(12)16-8-6-11-3-2-7-15-9-11/h10-11,15H,1-9H2,(H,16,17,18). The molecule has 2 aliphatic rings. The Kier molecular flexibility index (Phi) is 3.74. The molecule has 3 rings (SSSR count). The molecule has 1 unspecified atom stereocenters. The molecule has 4 heteroatoms. The molecule has 0 amide bonds. The summed E-state index contributed by atoms with van der Waals surface area (Å²) in [6.07, 6.45) is 9.14. The van der Waals surface area contributed by atoms with Gasteiger partial charge in [-0.15, -0.1) is 0 Å². The number of aryl methyl sites for hydroxylation is 1. The lowest BCUT2D eigenvalue weighted by atomic mass is 9.96. The molecule has 98 valence electrons. The van der Waals surface area contributed by atoms with Gasteiger partial charge in [0, 0.05) is 17.8 Å². The minimum Gasteiger partial charge on any atom is -0.370 e. The van der Waals surface area contributed by atoms with Gasteiger partial charge in [-0.25, -0.2) is 9.97 Å². The van der Waals surface area contributed by atoms with Crippen LogP contribution in [0.15, 0.2) is 6.33 Å². The number of hydrogen-bond donors (Lipinski definition) is 2. The first-order chi connectivity index (χ1) is 8.93. The lowest BCUT2D eigenvalue weighted by Crippen LogP contribution is -2.30. The van der Waals surface area contributed by atoms with Crippen molar-refractivity contribution in [3.05, 3.63) is 17.6 Å². The summed E-state index contributed by atoms with van der Waals surface area (Å²) in [5, 5.41) is 6.99. The second-order valence-electron chi connectivity index (χ2n) is 5.43. The summed E-state index contributed by atoms with van der Waals surface area (Å²) < 4.78 is 0. The van der Waals surface area contributed by atoms with Crippen molar-refractivity contribution in [3.8, 4) is 0 Å². The van der Waals surface area contributed by atoms with Crippen LogP contribution in [-0.2, 0) is 12.8 Å². The summed E-state index contributed by atoms with van der Waals surface area (Å²) in [7, 11) is 0. The molecule has 1 aliphatic carbocycles. The van der Waals surface area contributed by atoms with Crippen molar-refractivity contribution in [1.29, 1.82) is 0 Å². The fraction of sp³-hybridized carbons (Fsp3) is 0.714. The van der Waals surface area contributed by atoms with Gasteiger partial charge in [0.1, 0.15) is 12.1 Å². The molecule has 0 radical (unpaired) electrons. The van der Waals surface area contributed by atoms with Gasteiger partial charge in [0.25, 0.3) is 0 Å². The van der Waals surface area contributed by atoms with E-state index in [-0.39, 0.29) is 0 Å². The average molecular weight is 246 g/mol. The lowest BCUT2D eigenvalue weighted by Gasteiger charge is -2.22. The zero-order chi connectivity index (χ0) is 12.2. The normalized spacial score (nSPS) is 22.8. The number of anilines is 1. The third kappa shape index (κ3) is 2.64. The third-order valence-corrected chi connectivity index (χ3v) is 4.12. The Bertz CT molecular complexity index is 399. The maximum absolute atomic E-state index is 4.40. The van der Waals surface area contributed by atoms with E-state index in [1.165, 1.54) is 50.0 Å². The number of piperidine rings is 1. The fourth-order valence-corrected chi connectivity index (χ4v) is 3.08. The van der Waals surface area contributed by atoms with E-state index < -0.39 is 0 Å². The Balaban J connectivity index is 1.52. The smallest absolute Gasteiger partial charge is 0.132 e. The predicted molar refractivity (Wildman–Crippen MR) is 72.8 cm³/mol. The Morgan fingerprint density at radius 2 is 2.28 bits per heavy atom. The summed E-state index contributed by atoms with van der Waals surface area (Å²) in [6.45, 7) is 3.42. The van der Waals surface area contributed by atoms with Gasteiger partial charge in [0.2, 0.25) is 0 Å². The van der Waals surface area contributed by atoms with E-state index in [9.17, 15) is 0 Å². The number of rotatable bonds is 4. The van der Waals surface area contributed by atoms with Crippen molar-refractivity contribution < 1.29 is 0 Å². The number of hydrogen-bond acceptors (Lipinski definition) is 4. The van der Waals surface area contributed by atoms with E-state index in [0.717, 1.165) is 31.1 Å². The SMILES string of the molecule is c1nc2c(c(NCCC3CCCNC3)n1)CCC2. The molecule has 4 nitrogen and oxygen atoms in total. The first kappa shape index (κ1) is 11.9. The van der Waals surface area contributed by atoms with Crippen molar-refractivity contribution in [2.75, 3.05) is 25.0 Å². The molecule has 0 saturated carbocycles. The Morgan fingerprint density at radius 3 is 3.17 bits per heavy atom. The highest BCUT2D eigenvalue weighted by Gasteiger charge is 2.17. The molecule has 1 aromatic rings. The lowest BCUT2D eigenvalue weighted by molar-refractivity contribution is 0.364. The van der Waals surface area contributed by atoms with Crippen LogP contribution < -0.4 is 10.6 Å². The second kappa shape index (κ2) is 5.65. The first-order valence-electron chi connectivity index (χ1n) is 7.21. The van der Waals surface area contributed by atoms with E-state index in [2.05, 4.69) is 20.6 Å². The van der Waals surface area contributed by atoms with E-state index >= 15 is 0 Å². The second-order valence-corrected chi connectivity index (χ2v) is 5.43. The van der Waals surface area contributed by atoms with Crippen LogP contribution >= 0.6 is 0 Å². The van der Waals surface area contributed by atoms with E-state index in [1.54, 1.807) is 6.33 Å². The van der Waals surface area contributed by atoms with Crippen molar-refractivity contribution in [3.63, 3.8) is 0 Å². The maximum atomic E-state index is 4.40. The molecule has 0 bridgehead atoms. The molecule has 0 spiro atoms. The van der Waals surface area contributed by atoms with Crippen LogP contribution in [0, 0.1) is 5.92 Å². The molecule has 1 aromatic heterocycles. The van der Waals surface area contributed by atoms with E-state index in [0.29, 0.717) is 0 Å². The zero-order valence-electron chi connectivity index (χ0n) is 10.9. The maximum Gasteiger partial charge on any atom is 0.132 e. The molecular formula is C14H22N4. The van der Waals surface area contributed by atoms with Crippen LogP contribution in [0.25, 0.3) is 0 Å². The van der Waals surface area contributed by atoms with Gasteiger partial charge in [-0.2, -0.15) is 0 Å². The topological polar surface area (TPSA) is 49.8 Å². The minimum atomic E-state index is 0.834. The summed E-state index contributed by atoms with van der Waals surface area (Å²) in [5.41, 5.74) is 2.62. The summed E-state index contributed by atoms with van der Waals surface area (Å²) >= 11 is 0. The number of nitrogens with zero attached hydrogens (tertiary/aromatic N) is 2. The molecule has 0 aromatic carbocycles. The fourth-order valence-electron chi connectivity index (χ4n) is 3.08. The van der Waals surface area contributed by atoms with Crippen LogP contribution in [0.4, 0.5) is 5.82 Å². The molecule has 2 N–H and O–H groups in total. The quantitative estimate of drug-likeness (QED) is 0.850. The Labute approximate surface area is 109 Å².